The minimum atomic E-state index is -0.801. The van der Waals surface area contributed by atoms with E-state index in [1.807, 2.05) is 6.07 Å². The van der Waals surface area contributed by atoms with Gasteiger partial charge < -0.3 is 10.8 Å². The van der Waals surface area contributed by atoms with Gasteiger partial charge in [-0.2, -0.15) is 0 Å². The lowest BCUT2D eigenvalue weighted by Crippen LogP contribution is -2.14. The highest BCUT2D eigenvalue weighted by Crippen LogP contribution is 2.28. The summed E-state index contributed by atoms with van der Waals surface area (Å²) in [5.41, 5.74) is 7.68. The van der Waals surface area contributed by atoms with Crippen LogP contribution in [0.1, 0.15) is 27.3 Å². The standard InChI is InChI=1S/C17H14FN3O2/c1-9-13-7-11(6-10-2-4-12(18)5-3-10)8-20-14(13)16(22)15(21-9)17(19)23/h2-5,7-8,22H,6H2,1H3,(H2,19,23). The van der Waals surface area contributed by atoms with Crippen LogP contribution in [0, 0.1) is 12.7 Å². The lowest BCUT2D eigenvalue weighted by atomic mass is 10.0. The van der Waals surface area contributed by atoms with E-state index in [1.165, 1.54) is 12.1 Å². The fourth-order valence-corrected chi connectivity index (χ4v) is 2.47. The zero-order valence-corrected chi connectivity index (χ0v) is 12.4. The molecule has 0 saturated heterocycles. The highest BCUT2D eigenvalue weighted by atomic mass is 19.1. The number of benzene rings is 1. The molecule has 3 rings (SSSR count). The number of pyridine rings is 2. The van der Waals surface area contributed by atoms with Crippen LogP contribution in [0.25, 0.3) is 10.9 Å². The monoisotopic (exact) mass is 311 g/mol. The molecule has 0 fully saturated rings. The summed E-state index contributed by atoms with van der Waals surface area (Å²) >= 11 is 0. The molecule has 0 saturated carbocycles. The number of primary amides is 1. The summed E-state index contributed by atoms with van der Waals surface area (Å²) in [7, 11) is 0. The quantitative estimate of drug-likeness (QED) is 0.777. The number of aromatic hydroxyl groups is 1. The van der Waals surface area contributed by atoms with Crippen molar-refractivity contribution in [2.75, 3.05) is 0 Å². The fourth-order valence-electron chi connectivity index (χ4n) is 2.47. The van der Waals surface area contributed by atoms with Gasteiger partial charge in [0, 0.05) is 17.3 Å². The van der Waals surface area contributed by atoms with Gasteiger partial charge in [0.05, 0.1) is 0 Å². The van der Waals surface area contributed by atoms with Gasteiger partial charge in [0.1, 0.15) is 11.3 Å². The van der Waals surface area contributed by atoms with E-state index in [9.17, 15) is 14.3 Å². The lowest BCUT2D eigenvalue weighted by Gasteiger charge is -2.09. The maximum Gasteiger partial charge on any atom is 0.271 e. The number of hydrogen-bond acceptors (Lipinski definition) is 4. The molecule has 0 unspecified atom stereocenters. The third-order valence-electron chi connectivity index (χ3n) is 3.62. The van der Waals surface area contributed by atoms with Gasteiger partial charge in [-0.15, -0.1) is 0 Å². The van der Waals surface area contributed by atoms with Gasteiger partial charge in [-0.05, 0) is 42.7 Å². The van der Waals surface area contributed by atoms with E-state index in [0.717, 1.165) is 11.1 Å². The van der Waals surface area contributed by atoms with Gasteiger partial charge in [-0.25, -0.2) is 9.37 Å². The van der Waals surface area contributed by atoms with Crippen molar-refractivity contribution in [3.8, 4) is 5.75 Å². The van der Waals surface area contributed by atoms with Crippen LogP contribution in [-0.2, 0) is 6.42 Å². The number of carbonyl (C=O) groups is 1. The van der Waals surface area contributed by atoms with Gasteiger partial charge in [0.15, 0.2) is 11.4 Å². The summed E-state index contributed by atoms with van der Waals surface area (Å²) in [6, 6.07) is 8.07. The van der Waals surface area contributed by atoms with E-state index >= 15 is 0 Å². The highest BCUT2D eigenvalue weighted by molar-refractivity contribution is 6.00. The topological polar surface area (TPSA) is 89.1 Å². The summed E-state index contributed by atoms with van der Waals surface area (Å²) in [5.74, 6) is -1.40. The molecule has 1 amide bonds. The molecule has 0 spiro atoms. The van der Waals surface area contributed by atoms with Gasteiger partial charge in [0.25, 0.3) is 5.91 Å². The number of nitrogens with zero attached hydrogens (tertiary/aromatic N) is 2. The molecule has 6 heteroatoms. The van der Waals surface area contributed by atoms with Crippen molar-refractivity contribution >= 4 is 16.8 Å². The van der Waals surface area contributed by atoms with E-state index in [0.29, 0.717) is 17.5 Å². The normalized spacial score (nSPS) is 10.9. The van der Waals surface area contributed by atoms with Gasteiger partial charge in [0.2, 0.25) is 0 Å². The average Bonchev–Trinajstić information content (AvgIpc) is 2.53. The Balaban J connectivity index is 2.05. The Morgan fingerprint density at radius 3 is 2.61 bits per heavy atom. The first-order valence-corrected chi connectivity index (χ1v) is 6.98. The van der Waals surface area contributed by atoms with Crippen molar-refractivity contribution in [1.29, 1.82) is 0 Å². The van der Waals surface area contributed by atoms with Crippen molar-refractivity contribution < 1.29 is 14.3 Å². The van der Waals surface area contributed by atoms with Crippen molar-refractivity contribution in [2.24, 2.45) is 5.73 Å². The highest BCUT2D eigenvalue weighted by Gasteiger charge is 2.16. The predicted molar refractivity (Wildman–Crippen MR) is 83.7 cm³/mol. The molecule has 1 aromatic carbocycles. The zero-order chi connectivity index (χ0) is 16.6. The van der Waals surface area contributed by atoms with Crippen molar-refractivity contribution in [3.05, 3.63) is 64.9 Å². The van der Waals surface area contributed by atoms with Crippen LogP contribution in [0.3, 0.4) is 0 Å². The molecular weight excluding hydrogens is 297 g/mol. The molecule has 0 radical (unpaired) electrons. The van der Waals surface area contributed by atoms with Crippen molar-refractivity contribution in [2.45, 2.75) is 13.3 Å². The first-order valence-electron chi connectivity index (χ1n) is 6.98. The SMILES string of the molecule is Cc1nc(C(N)=O)c(O)c2ncc(Cc3ccc(F)cc3)cc12. The minimum Gasteiger partial charge on any atom is -0.504 e. The van der Waals surface area contributed by atoms with Crippen LogP contribution in [0.4, 0.5) is 4.39 Å². The maximum atomic E-state index is 12.9. The fraction of sp³-hybridized carbons (Fsp3) is 0.118. The van der Waals surface area contributed by atoms with Crippen LogP contribution < -0.4 is 5.73 Å². The van der Waals surface area contributed by atoms with E-state index in [-0.39, 0.29) is 22.8 Å². The molecule has 116 valence electrons. The molecule has 0 atom stereocenters. The second-order valence-corrected chi connectivity index (χ2v) is 5.30. The number of aromatic nitrogens is 2. The summed E-state index contributed by atoms with van der Waals surface area (Å²) in [4.78, 5) is 19.6. The molecular formula is C17H14FN3O2. The van der Waals surface area contributed by atoms with Gasteiger partial charge in [-0.3, -0.25) is 9.78 Å². The number of amides is 1. The lowest BCUT2D eigenvalue weighted by molar-refractivity contribution is 0.0993. The summed E-state index contributed by atoms with van der Waals surface area (Å²) in [6.07, 6.45) is 2.18. The molecule has 5 nitrogen and oxygen atoms in total. The summed E-state index contributed by atoms with van der Waals surface area (Å²) in [6.45, 7) is 1.72. The number of halogens is 1. The maximum absolute atomic E-state index is 12.9. The average molecular weight is 311 g/mol. The molecule has 0 bridgehead atoms. The molecule has 3 N–H and O–H groups in total. The third kappa shape index (κ3) is 2.83. The number of rotatable bonds is 3. The van der Waals surface area contributed by atoms with Gasteiger partial charge in [-0.1, -0.05) is 12.1 Å². The van der Waals surface area contributed by atoms with Crippen molar-refractivity contribution in [1.82, 2.24) is 9.97 Å². The number of carbonyl (C=O) groups excluding carboxylic acids is 1. The number of hydrogen-bond donors (Lipinski definition) is 2. The predicted octanol–water partition coefficient (Wildman–Crippen LogP) is 2.47. The van der Waals surface area contributed by atoms with Gasteiger partial charge >= 0.3 is 0 Å². The molecule has 0 aliphatic heterocycles. The molecule has 2 aromatic heterocycles. The summed E-state index contributed by atoms with van der Waals surface area (Å²) in [5, 5.41) is 10.7. The van der Waals surface area contributed by atoms with Crippen LogP contribution in [0.15, 0.2) is 36.5 Å². The van der Waals surface area contributed by atoms with Crippen LogP contribution >= 0.6 is 0 Å². The van der Waals surface area contributed by atoms with E-state index in [4.69, 9.17) is 5.73 Å². The first-order chi connectivity index (χ1) is 11.0. The molecule has 23 heavy (non-hydrogen) atoms. The Hall–Kier alpha value is -3.02. The molecule has 2 heterocycles. The van der Waals surface area contributed by atoms with E-state index < -0.39 is 5.91 Å². The Morgan fingerprint density at radius 2 is 1.96 bits per heavy atom. The van der Waals surface area contributed by atoms with Crippen LogP contribution in [-0.4, -0.2) is 21.0 Å². The molecule has 0 aliphatic rings. The zero-order valence-electron chi connectivity index (χ0n) is 12.4. The Labute approximate surface area is 131 Å². The second kappa shape index (κ2) is 5.64. The molecule has 0 aliphatic carbocycles. The Morgan fingerprint density at radius 1 is 1.26 bits per heavy atom. The van der Waals surface area contributed by atoms with Crippen LogP contribution in [0.5, 0.6) is 5.75 Å². The summed E-state index contributed by atoms with van der Waals surface area (Å²) < 4.78 is 12.9. The second-order valence-electron chi connectivity index (χ2n) is 5.30. The third-order valence-corrected chi connectivity index (χ3v) is 3.62. The van der Waals surface area contributed by atoms with Crippen molar-refractivity contribution in [3.63, 3.8) is 0 Å². The largest absolute Gasteiger partial charge is 0.504 e. The number of aryl methyl sites for hydroxylation is 1. The first kappa shape index (κ1) is 14.9. The molecule has 3 aromatic rings. The van der Waals surface area contributed by atoms with E-state index in [2.05, 4.69) is 9.97 Å². The smallest absolute Gasteiger partial charge is 0.271 e. The van der Waals surface area contributed by atoms with E-state index in [1.54, 1.807) is 25.3 Å². The Kier molecular flexibility index (Phi) is 3.65. The minimum absolute atomic E-state index is 0.186. The number of fused-ring (bicyclic) bond motifs is 1. The Bertz CT molecular complexity index is 908. The van der Waals surface area contributed by atoms with Crippen LogP contribution in [0.2, 0.25) is 0 Å². The number of nitrogens with two attached hydrogens (primary N) is 1.